The maximum Gasteiger partial charge on any atom is 0.319 e. The second-order valence-corrected chi connectivity index (χ2v) is 17.8. The number of carbonyl (C=O) groups excluding carboxylic acids is 7. The lowest BCUT2D eigenvalue weighted by atomic mass is 9.90. The summed E-state index contributed by atoms with van der Waals surface area (Å²) in [7, 11) is 0. The Morgan fingerprint density at radius 1 is 0.672 bits per heavy atom. The summed E-state index contributed by atoms with van der Waals surface area (Å²) in [6, 6.07) is 21.8. The highest BCUT2D eigenvalue weighted by atomic mass is 16.7. The number of aliphatic hydroxyl groups excluding tert-OH is 1. The molecule has 1 saturated heterocycles. The van der Waals surface area contributed by atoms with E-state index in [1.54, 1.807) is 99.6 Å². The van der Waals surface area contributed by atoms with Gasteiger partial charge in [-0.1, -0.05) is 42.5 Å². The number of ether oxygens (including phenoxy) is 9. The van der Waals surface area contributed by atoms with Gasteiger partial charge in [0.25, 0.3) is 0 Å². The normalized spacial score (nSPS) is 16.1. The van der Waals surface area contributed by atoms with E-state index in [-0.39, 0.29) is 70.9 Å². The quantitative estimate of drug-likeness (QED) is 0.0386. The zero-order valence-corrected chi connectivity index (χ0v) is 39.0. The van der Waals surface area contributed by atoms with E-state index in [9.17, 15) is 38.7 Å². The number of ketones is 1. The molecule has 0 amide bonds. The SMILES string of the molecule is CC(=O)CC(O)c1ccc(OCCCC(=O)OCC(C)(COC(=O)CCCOc2ccc(C=O)cc2)C(=O)OCC(C)(COC(=O)C2(C)COC(C)(C)OC2)C(=O)OCc2ccccc2)cc1. The molecule has 0 spiro atoms. The van der Waals surface area contributed by atoms with Crippen LogP contribution in [0.15, 0.2) is 78.9 Å². The first kappa shape index (κ1) is 53.4. The summed E-state index contributed by atoms with van der Waals surface area (Å²) in [5.74, 6) is -4.01. The standard InChI is InChI=1S/C50H62O17/c1-35(52)26-41(53)38-18-22-40(23-19-38)60-25-11-15-43(55)63-30-48(4,29-62-42(54)14-10-24-59-39-20-16-36(27-51)17-21-39)45(57)64-31-49(5,44(56)61-28-37-12-8-7-9-13-37)32-65-46(58)50(6)33-66-47(2,3)67-34-50/h7-9,12-13,16-23,27,41,53H,10-11,14-15,24-26,28-34H2,1-6H3. The zero-order valence-electron chi connectivity index (χ0n) is 39.0. The molecule has 1 aliphatic heterocycles. The van der Waals surface area contributed by atoms with Gasteiger partial charge in [-0.2, -0.15) is 0 Å². The first-order valence-electron chi connectivity index (χ1n) is 22.0. The number of hydrogen-bond acceptors (Lipinski definition) is 17. The van der Waals surface area contributed by atoms with Crippen molar-refractivity contribution < 1.29 is 81.3 Å². The predicted molar refractivity (Wildman–Crippen MR) is 238 cm³/mol. The Morgan fingerprint density at radius 3 is 1.66 bits per heavy atom. The molecule has 17 nitrogen and oxygen atoms in total. The van der Waals surface area contributed by atoms with Crippen molar-refractivity contribution in [1.82, 2.24) is 0 Å². The number of carbonyl (C=O) groups is 7. The summed E-state index contributed by atoms with van der Waals surface area (Å²) in [5, 5.41) is 10.2. The molecule has 1 aliphatic rings. The third-order valence-corrected chi connectivity index (χ3v) is 10.7. The van der Waals surface area contributed by atoms with E-state index in [0.29, 0.717) is 34.5 Å². The molecular weight excluding hydrogens is 873 g/mol. The van der Waals surface area contributed by atoms with Crippen LogP contribution in [0.3, 0.4) is 0 Å². The van der Waals surface area contributed by atoms with Crippen molar-refractivity contribution in [2.45, 2.75) is 92.1 Å². The number of rotatable bonds is 27. The molecule has 1 N–H and O–H groups in total. The highest BCUT2D eigenvalue weighted by Gasteiger charge is 2.47. The number of benzene rings is 3. The van der Waals surface area contributed by atoms with Crippen LogP contribution in [0.4, 0.5) is 0 Å². The van der Waals surface area contributed by atoms with Gasteiger partial charge in [-0.25, -0.2) is 0 Å². The maximum absolute atomic E-state index is 14.0. The van der Waals surface area contributed by atoms with Gasteiger partial charge in [0, 0.05) is 24.8 Å². The molecule has 0 radical (unpaired) electrons. The van der Waals surface area contributed by atoms with Crippen molar-refractivity contribution in [2.75, 3.05) is 52.9 Å². The molecule has 0 aliphatic carbocycles. The van der Waals surface area contributed by atoms with Crippen molar-refractivity contribution in [1.29, 1.82) is 0 Å². The van der Waals surface area contributed by atoms with Gasteiger partial charge in [0.2, 0.25) is 0 Å². The summed E-state index contributed by atoms with van der Waals surface area (Å²) >= 11 is 0. The van der Waals surface area contributed by atoms with Crippen molar-refractivity contribution in [3.05, 3.63) is 95.6 Å². The van der Waals surface area contributed by atoms with Crippen LogP contribution < -0.4 is 9.47 Å². The molecule has 3 aromatic carbocycles. The van der Waals surface area contributed by atoms with Gasteiger partial charge in [-0.15, -0.1) is 0 Å². The lowest BCUT2D eigenvalue weighted by molar-refractivity contribution is -0.282. The first-order chi connectivity index (χ1) is 31.7. The Kier molecular flexibility index (Phi) is 20.0. The van der Waals surface area contributed by atoms with Crippen molar-refractivity contribution in [2.24, 2.45) is 16.2 Å². The van der Waals surface area contributed by atoms with E-state index in [4.69, 9.17) is 42.6 Å². The molecule has 3 atom stereocenters. The van der Waals surface area contributed by atoms with Crippen LogP contribution in [0.1, 0.15) is 101 Å². The average molecular weight is 935 g/mol. The fourth-order valence-corrected chi connectivity index (χ4v) is 6.14. The molecule has 17 heteroatoms. The van der Waals surface area contributed by atoms with Crippen LogP contribution >= 0.6 is 0 Å². The maximum atomic E-state index is 14.0. The molecule has 4 rings (SSSR count). The lowest BCUT2D eigenvalue weighted by Crippen LogP contribution is -2.51. The van der Waals surface area contributed by atoms with Gasteiger partial charge in [0.1, 0.15) is 72.8 Å². The van der Waals surface area contributed by atoms with Gasteiger partial charge in [-0.3, -0.25) is 33.6 Å². The van der Waals surface area contributed by atoms with Crippen LogP contribution in [0.5, 0.6) is 11.5 Å². The average Bonchev–Trinajstić information content (AvgIpc) is 3.32. The molecule has 0 bridgehead atoms. The minimum Gasteiger partial charge on any atom is -0.494 e. The lowest BCUT2D eigenvalue weighted by Gasteiger charge is -2.40. The number of esters is 5. The van der Waals surface area contributed by atoms with Gasteiger partial charge < -0.3 is 47.7 Å². The number of aldehydes is 1. The molecule has 364 valence electrons. The van der Waals surface area contributed by atoms with Gasteiger partial charge in [0.05, 0.1) is 32.5 Å². The molecule has 3 unspecified atom stereocenters. The van der Waals surface area contributed by atoms with E-state index in [2.05, 4.69) is 0 Å². The number of Topliss-reactive ketones (excluding diaryl/α,β-unsaturated/α-hetero) is 1. The molecule has 0 aromatic heterocycles. The zero-order chi connectivity index (χ0) is 49.1. The summed E-state index contributed by atoms with van der Waals surface area (Å²) < 4.78 is 50.8. The van der Waals surface area contributed by atoms with Crippen molar-refractivity contribution in [3.8, 4) is 11.5 Å². The number of hydrogen-bond donors (Lipinski definition) is 1. The summed E-state index contributed by atoms with van der Waals surface area (Å²) in [6.07, 6.45) is 0.0327. The fraction of sp³-hybridized carbons (Fsp3) is 0.500. The van der Waals surface area contributed by atoms with E-state index in [1.807, 2.05) is 0 Å². The van der Waals surface area contributed by atoms with Crippen LogP contribution in [0.2, 0.25) is 0 Å². The molecule has 1 fully saturated rings. The van der Waals surface area contributed by atoms with Crippen molar-refractivity contribution in [3.63, 3.8) is 0 Å². The highest BCUT2D eigenvalue weighted by Crippen LogP contribution is 2.32. The summed E-state index contributed by atoms with van der Waals surface area (Å²) in [5.41, 5.74) is -3.02. The third kappa shape index (κ3) is 17.5. The van der Waals surface area contributed by atoms with E-state index in [0.717, 1.165) is 0 Å². The second kappa shape index (κ2) is 25.1. The molecule has 1 heterocycles. The predicted octanol–water partition coefficient (Wildman–Crippen LogP) is 6.25. The minimum atomic E-state index is -1.78. The fourth-order valence-electron chi connectivity index (χ4n) is 6.14. The van der Waals surface area contributed by atoms with E-state index in [1.165, 1.54) is 20.8 Å². The van der Waals surface area contributed by atoms with E-state index < -0.39 is 84.4 Å². The Morgan fingerprint density at radius 2 is 1.15 bits per heavy atom. The first-order valence-corrected chi connectivity index (χ1v) is 22.0. The Balaban J connectivity index is 1.40. The highest BCUT2D eigenvalue weighted by molar-refractivity contribution is 5.82. The van der Waals surface area contributed by atoms with Crippen LogP contribution in [0.25, 0.3) is 0 Å². The molecule has 3 aromatic rings. The van der Waals surface area contributed by atoms with Gasteiger partial charge >= 0.3 is 29.8 Å². The van der Waals surface area contributed by atoms with Crippen molar-refractivity contribution >= 4 is 41.9 Å². The van der Waals surface area contributed by atoms with Crippen LogP contribution in [0, 0.1) is 16.2 Å². The number of aliphatic hydroxyl groups is 1. The molecule has 0 saturated carbocycles. The minimum absolute atomic E-state index is 0.00979. The summed E-state index contributed by atoms with van der Waals surface area (Å²) in [4.78, 5) is 89.4. The largest absolute Gasteiger partial charge is 0.494 e. The van der Waals surface area contributed by atoms with Gasteiger partial charge in [-0.05, 0) is 102 Å². The summed E-state index contributed by atoms with van der Waals surface area (Å²) in [6.45, 7) is 6.93. The molecule has 67 heavy (non-hydrogen) atoms. The Bertz CT molecular complexity index is 2110. The second-order valence-electron chi connectivity index (χ2n) is 17.8. The Hall–Kier alpha value is -6.17. The smallest absolute Gasteiger partial charge is 0.319 e. The van der Waals surface area contributed by atoms with Crippen LogP contribution in [-0.2, 0) is 68.5 Å². The molecular formula is C50H62O17. The Labute approximate surface area is 390 Å². The monoisotopic (exact) mass is 934 g/mol. The van der Waals surface area contributed by atoms with Crippen LogP contribution in [-0.4, -0.2) is 106 Å². The third-order valence-electron chi connectivity index (χ3n) is 10.7. The topological polar surface area (TPSA) is 223 Å². The van der Waals surface area contributed by atoms with Gasteiger partial charge in [0.15, 0.2) is 5.79 Å². The van der Waals surface area contributed by atoms with E-state index >= 15 is 0 Å².